The molecule has 0 heterocycles. The van der Waals surface area contributed by atoms with Crippen molar-refractivity contribution in [3.8, 4) is 11.8 Å². The van der Waals surface area contributed by atoms with E-state index in [1.807, 2.05) is 60.7 Å². The molecule has 1 amide bonds. The number of para-hydroxylation sites is 1. The predicted octanol–water partition coefficient (Wildman–Crippen LogP) is 6.73. The number of halogens is 1. The van der Waals surface area contributed by atoms with Gasteiger partial charge in [0.25, 0.3) is 5.91 Å². The summed E-state index contributed by atoms with van der Waals surface area (Å²) >= 11 is 3.37. The molecule has 4 nitrogen and oxygen atoms in total. The molecular formula is C27H19BrN2O2. The van der Waals surface area contributed by atoms with Crippen LogP contribution in [0.25, 0.3) is 16.8 Å². The molecule has 5 heteroatoms. The average molecular weight is 483 g/mol. The molecule has 0 aliphatic rings. The number of hydrogen-bond donors (Lipinski definition) is 1. The molecule has 4 rings (SSSR count). The predicted molar refractivity (Wildman–Crippen MR) is 131 cm³/mol. The van der Waals surface area contributed by atoms with Crippen molar-refractivity contribution in [3.05, 3.63) is 112 Å². The van der Waals surface area contributed by atoms with Gasteiger partial charge in [-0.25, -0.2) is 0 Å². The molecule has 4 aromatic carbocycles. The van der Waals surface area contributed by atoms with Gasteiger partial charge in [0.05, 0.1) is 0 Å². The van der Waals surface area contributed by atoms with Gasteiger partial charge in [0.15, 0.2) is 0 Å². The molecule has 0 unspecified atom stereocenters. The van der Waals surface area contributed by atoms with E-state index in [0.29, 0.717) is 23.6 Å². The molecule has 0 bridgehead atoms. The fourth-order valence-corrected chi connectivity index (χ4v) is 3.69. The first-order chi connectivity index (χ1) is 15.6. The van der Waals surface area contributed by atoms with Crippen molar-refractivity contribution in [2.24, 2.45) is 0 Å². The fourth-order valence-electron chi connectivity index (χ4n) is 3.29. The third kappa shape index (κ3) is 5.23. The average Bonchev–Trinajstić information content (AvgIpc) is 2.81. The van der Waals surface area contributed by atoms with Crippen molar-refractivity contribution in [2.75, 3.05) is 5.32 Å². The zero-order valence-corrected chi connectivity index (χ0v) is 18.7. The van der Waals surface area contributed by atoms with Crippen molar-refractivity contribution in [1.29, 1.82) is 5.26 Å². The Labute approximate surface area is 194 Å². The van der Waals surface area contributed by atoms with Crippen LogP contribution >= 0.6 is 15.9 Å². The molecule has 0 aliphatic carbocycles. The van der Waals surface area contributed by atoms with Gasteiger partial charge in [-0.1, -0.05) is 76.6 Å². The standard InChI is InChI=1S/C27H19BrN2O2/c28-24-9-5-10-25(16-24)30-27(31)23(17-29)15-22-8-3-4-11-26(22)32-18-19-12-13-20-6-1-2-7-21(20)14-19/h1-16H,18H2,(H,30,31)/b23-15-. The van der Waals surface area contributed by atoms with E-state index >= 15 is 0 Å². The molecule has 0 spiro atoms. The quantitative estimate of drug-likeness (QED) is 0.244. The first-order valence-electron chi connectivity index (χ1n) is 10.0. The topological polar surface area (TPSA) is 62.1 Å². The minimum absolute atomic E-state index is 0.00766. The minimum Gasteiger partial charge on any atom is -0.488 e. The minimum atomic E-state index is -0.477. The highest BCUT2D eigenvalue weighted by Crippen LogP contribution is 2.24. The Bertz CT molecular complexity index is 1360. The Morgan fingerprint density at radius 1 is 0.938 bits per heavy atom. The van der Waals surface area contributed by atoms with Crippen molar-refractivity contribution < 1.29 is 9.53 Å². The third-order valence-electron chi connectivity index (χ3n) is 4.87. The molecule has 32 heavy (non-hydrogen) atoms. The number of ether oxygens (including phenoxy) is 1. The van der Waals surface area contributed by atoms with Gasteiger partial charge >= 0.3 is 0 Å². The summed E-state index contributed by atoms with van der Waals surface area (Å²) in [5, 5.41) is 14.6. The molecule has 0 aromatic heterocycles. The lowest BCUT2D eigenvalue weighted by Gasteiger charge is -2.11. The van der Waals surface area contributed by atoms with Gasteiger partial charge in [0.2, 0.25) is 0 Å². The van der Waals surface area contributed by atoms with E-state index in [-0.39, 0.29) is 5.57 Å². The molecule has 0 saturated heterocycles. The maximum Gasteiger partial charge on any atom is 0.266 e. The molecule has 0 fully saturated rings. The van der Waals surface area contributed by atoms with Crippen LogP contribution in [0.4, 0.5) is 5.69 Å². The van der Waals surface area contributed by atoms with Crippen LogP contribution in [-0.4, -0.2) is 5.91 Å². The summed E-state index contributed by atoms with van der Waals surface area (Å²) in [5.74, 6) is 0.124. The van der Waals surface area contributed by atoms with E-state index in [4.69, 9.17) is 4.74 Å². The van der Waals surface area contributed by atoms with Crippen LogP contribution in [0.2, 0.25) is 0 Å². The summed E-state index contributed by atoms with van der Waals surface area (Å²) in [7, 11) is 0. The number of nitrogens with one attached hydrogen (secondary N) is 1. The first kappa shape index (κ1) is 21.4. The van der Waals surface area contributed by atoms with E-state index in [2.05, 4.69) is 45.5 Å². The smallest absolute Gasteiger partial charge is 0.266 e. The van der Waals surface area contributed by atoms with Gasteiger partial charge in [0.1, 0.15) is 24.0 Å². The van der Waals surface area contributed by atoms with Crippen molar-refractivity contribution >= 4 is 44.4 Å². The summed E-state index contributed by atoms with van der Waals surface area (Å²) in [5.41, 5.74) is 2.29. The zero-order chi connectivity index (χ0) is 22.3. The van der Waals surface area contributed by atoms with Crippen molar-refractivity contribution in [1.82, 2.24) is 0 Å². The maximum atomic E-state index is 12.6. The van der Waals surface area contributed by atoms with Crippen LogP contribution in [-0.2, 0) is 11.4 Å². The second kappa shape index (κ2) is 9.95. The monoisotopic (exact) mass is 482 g/mol. The maximum absolute atomic E-state index is 12.6. The number of hydrogen-bond acceptors (Lipinski definition) is 3. The molecule has 0 radical (unpaired) electrons. The number of fused-ring (bicyclic) bond motifs is 1. The lowest BCUT2D eigenvalue weighted by atomic mass is 10.1. The fraction of sp³-hybridized carbons (Fsp3) is 0.0370. The van der Waals surface area contributed by atoms with Crippen LogP contribution in [0, 0.1) is 11.3 Å². The molecular weight excluding hydrogens is 464 g/mol. The van der Waals surface area contributed by atoms with Crippen LogP contribution in [0.5, 0.6) is 5.75 Å². The highest BCUT2D eigenvalue weighted by Gasteiger charge is 2.12. The lowest BCUT2D eigenvalue weighted by molar-refractivity contribution is -0.112. The molecule has 0 saturated carbocycles. The summed E-state index contributed by atoms with van der Waals surface area (Å²) < 4.78 is 6.88. The SMILES string of the molecule is N#C/C(=C/c1ccccc1OCc1ccc2ccccc2c1)C(=O)Nc1cccc(Br)c1. The molecule has 0 aliphatic heterocycles. The van der Waals surface area contributed by atoms with Crippen molar-refractivity contribution in [2.45, 2.75) is 6.61 Å². The first-order valence-corrected chi connectivity index (χ1v) is 10.8. The van der Waals surface area contributed by atoms with Crippen LogP contribution in [0.15, 0.2) is 101 Å². The van der Waals surface area contributed by atoms with Gasteiger partial charge in [-0.05, 0) is 52.7 Å². The second-order valence-corrected chi connectivity index (χ2v) is 8.06. The molecule has 4 aromatic rings. The number of nitrogens with zero attached hydrogens (tertiary/aromatic N) is 1. The summed E-state index contributed by atoms with van der Waals surface area (Å²) in [6.07, 6.45) is 1.54. The highest BCUT2D eigenvalue weighted by atomic mass is 79.9. The Morgan fingerprint density at radius 3 is 2.53 bits per heavy atom. The number of nitriles is 1. The van der Waals surface area contributed by atoms with E-state index in [0.717, 1.165) is 15.4 Å². The highest BCUT2D eigenvalue weighted by molar-refractivity contribution is 9.10. The van der Waals surface area contributed by atoms with E-state index < -0.39 is 5.91 Å². The number of carbonyl (C=O) groups is 1. The Balaban J connectivity index is 1.52. The van der Waals surface area contributed by atoms with E-state index in [9.17, 15) is 10.1 Å². The largest absolute Gasteiger partial charge is 0.488 e. The Morgan fingerprint density at radius 2 is 1.72 bits per heavy atom. The van der Waals surface area contributed by atoms with Gasteiger partial charge in [-0.3, -0.25) is 4.79 Å². The summed E-state index contributed by atoms with van der Waals surface area (Å²) in [4.78, 5) is 12.6. The number of benzene rings is 4. The number of carbonyl (C=O) groups excluding carboxylic acids is 1. The normalized spacial score (nSPS) is 11.1. The number of anilines is 1. The summed E-state index contributed by atoms with van der Waals surface area (Å²) in [6, 6.07) is 30.9. The van der Waals surface area contributed by atoms with Gasteiger partial charge in [-0.2, -0.15) is 5.26 Å². The van der Waals surface area contributed by atoms with E-state index in [1.165, 1.54) is 5.39 Å². The Hall–Kier alpha value is -3.88. The molecule has 1 N–H and O–H groups in total. The third-order valence-corrected chi connectivity index (χ3v) is 5.37. The Kier molecular flexibility index (Phi) is 6.64. The molecule has 0 atom stereocenters. The molecule has 156 valence electrons. The van der Waals surface area contributed by atoms with Crippen LogP contribution in [0.3, 0.4) is 0 Å². The van der Waals surface area contributed by atoms with Crippen LogP contribution < -0.4 is 10.1 Å². The van der Waals surface area contributed by atoms with Gasteiger partial charge in [-0.15, -0.1) is 0 Å². The van der Waals surface area contributed by atoms with Crippen molar-refractivity contribution in [3.63, 3.8) is 0 Å². The van der Waals surface area contributed by atoms with Gasteiger partial charge in [0, 0.05) is 15.7 Å². The lowest BCUT2D eigenvalue weighted by Crippen LogP contribution is -2.13. The number of rotatable bonds is 6. The van der Waals surface area contributed by atoms with Gasteiger partial charge < -0.3 is 10.1 Å². The zero-order valence-electron chi connectivity index (χ0n) is 17.1. The number of amides is 1. The second-order valence-electron chi connectivity index (χ2n) is 7.14. The van der Waals surface area contributed by atoms with Crippen LogP contribution in [0.1, 0.15) is 11.1 Å². The van der Waals surface area contributed by atoms with E-state index in [1.54, 1.807) is 18.2 Å². The summed E-state index contributed by atoms with van der Waals surface area (Å²) in [6.45, 7) is 0.377.